The number of carbonyl (C=O) groups excluding carboxylic acids is 1. The van der Waals surface area contributed by atoms with Gasteiger partial charge in [-0.15, -0.1) is 0 Å². The number of primary amides is 1. The Bertz CT molecular complexity index is 875. The summed E-state index contributed by atoms with van der Waals surface area (Å²) < 4.78 is 32.7. The Morgan fingerprint density at radius 1 is 1.19 bits per heavy atom. The third-order valence-electron chi connectivity index (χ3n) is 4.34. The average Bonchev–Trinajstić information content (AvgIpc) is 2.85. The van der Waals surface area contributed by atoms with Gasteiger partial charge >= 0.3 is 0 Å². The number of hydrogen-bond acceptors (Lipinski definition) is 5. The minimum absolute atomic E-state index is 0.116. The van der Waals surface area contributed by atoms with Crippen molar-refractivity contribution >= 4 is 15.9 Å². The number of H-pyrrole nitrogens is 1. The van der Waals surface area contributed by atoms with Crippen molar-refractivity contribution < 1.29 is 17.9 Å². The molecular weight excluding hydrogens is 356 g/mol. The lowest BCUT2D eigenvalue weighted by Gasteiger charge is -2.08. The monoisotopic (exact) mass is 378 g/mol. The molecule has 0 saturated carbocycles. The predicted molar refractivity (Wildman–Crippen MR) is 95.0 cm³/mol. The molecule has 140 valence electrons. The maximum atomic E-state index is 12.5. The SMILES string of the molecule is NC(=O)COc1ccc(S(=O)(=O)NCc2n[nH]c3c2CCCCC3)cc1. The van der Waals surface area contributed by atoms with E-state index in [4.69, 9.17) is 10.5 Å². The Labute approximate surface area is 152 Å². The summed E-state index contributed by atoms with van der Waals surface area (Å²) in [7, 11) is -3.67. The van der Waals surface area contributed by atoms with Crippen molar-refractivity contribution in [2.24, 2.45) is 5.73 Å². The van der Waals surface area contributed by atoms with Gasteiger partial charge < -0.3 is 10.5 Å². The molecule has 1 amide bonds. The van der Waals surface area contributed by atoms with Gasteiger partial charge in [0.05, 0.1) is 17.1 Å². The first-order valence-corrected chi connectivity index (χ1v) is 10.00. The van der Waals surface area contributed by atoms with Crippen molar-refractivity contribution in [1.29, 1.82) is 0 Å². The van der Waals surface area contributed by atoms with E-state index < -0.39 is 15.9 Å². The Morgan fingerprint density at radius 2 is 1.92 bits per heavy atom. The van der Waals surface area contributed by atoms with Crippen LogP contribution in [0.25, 0.3) is 0 Å². The molecule has 3 rings (SSSR count). The number of aromatic nitrogens is 2. The van der Waals surface area contributed by atoms with Crippen molar-refractivity contribution in [2.75, 3.05) is 6.61 Å². The molecule has 4 N–H and O–H groups in total. The Balaban J connectivity index is 1.66. The van der Waals surface area contributed by atoms with Crippen LogP contribution in [-0.2, 0) is 34.2 Å². The van der Waals surface area contributed by atoms with Gasteiger partial charge in [-0.1, -0.05) is 6.42 Å². The van der Waals surface area contributed by atoms with Gasteiger partial charge in [-0.3, -0.25) is 9.89 Å². The number of ether oxygens (including phenoxy) is 1. The third-order valence-corrected chi connectivity index (χ3v) is 5.75. The first-order valence-electron chi connectivity index (χ1n) is 8.51. The molecule has 1 heterocycles. The van der Waals surface area contributed by atoms with E-state index in [0.717, 1.165) is 42.6 Å². The topological polar surface area (TPSA) is 127 Å². The molecule has 1 aromatic carbocycles. The van der Waals surface area contributed by atoms with E-state index >= 15 is 0 Å². The summed E-state index contributed by atoms with van der Waals surface area (Å²) in [5.74, 6) is -0.220. The van der Waals surface area contributed by atoms with E-state index in [2.05, 4.69) is 14.9 Å². The Morgan fingerprint density at radius 3 is 2.65 bits per heavy atom. The zero-order chi connectivity index (χ0) is 18.6. The van der Waals surface area contributed by atoms with Gasteiger partial charge in [-0.2, -0.15) is 5.10 Å². The Kier molecular flexibility index (Phi) is 5.58. The fourth-order valence-electron chi connectivity index (χ4n) is 2.99. The van der Waals surface area contributed by atoms with Crippen molar-refractivity contribution in [1.82, 2.24) is 14.9 Å². The van der Waals surface area contributed by atoms with Crippen LogP contribution in [0.15, 0.2) is 29.2 Å². The molecule has 1 aromatic heterocycles. The van der Waals surface area contributed by atoms with Crippen molar-refractivity contribution in [3.63, 3.8) is 0 Å². The number of aromatic amines is 1. The minimum atomic E-state index is -3.67. The standard InChI is InChI=1S/C17H22N4O4S/c18-17(22)11-25-12-6-8-13(9-7-12)26(23,24)19-10-16-14-4-2-1-3-5-15(14)20-21-16/h6-9,19H,1-5,10-11H2,(H2,18,22)(H,20,21). The number of fused-ring (bicyclic) bond motifs is 1. The van der Waals surface area contributed by atoms with E-state index in [0.29, 0.717) is 5.75 Å². The molecule has 0 radical (unpaired) electrons. The minimum Gasteiger partial charge on any atom is -0.484 e. The molecule has 0 unspecified atom stereocenters. The summed E-state index contributed by atoms with van der Waals surface area (Å²) in [6.45, 7) is -0.108. The summed E-state index contributed by atoms with van der Waals surface area (Å²) in [5.41, 5.74) is 8.02. The van der Waals surface area contributed by atoms with Gasteiger partial charge in [0.1, 0.15) is 5.75 Å². The number of carbonyl (C=O) groups is 1. The fourth-order valence-corrected chi connectivity index (χ4v) is 3.98. The van der Waals surface area contributed by atoms with Crippen LogP contribution in [0.3, 0.4) is 0 Å². The number of amides is 1. The van der Waals surface area contributed by atoms with Crippen molar-refractivity contribution in [2.45, 2.75) is 43.5 Å². The molecule has 9 heteroatoms. The summed E-state index contributed by atoms with van der Waals surface area (Å²) in [4.78, 5) is 10.8. The molecule has 26 heavy (non-hydrogen) atoms. The molecule has 0 saturated heterocycles. The summed E-state index contributed by atoms with van der Waals surface area (Å²) in [6.07, 6.45) is 5.29. The van der Waals surface area contributed by atoms with Gasteiger partial charge in [0.2, 0.25) is 10.0 Å². The van der Waals surface area contributed by atoms with Gasteiger partial charge in [0.15, 0.2) is 6.61 Å². The lowest BCUT2D eigenvalue weighted by Crippen LogP contribution is -2.24. The van der Waals surface area contributed by atoms with Crippen LogP contribution >= 0.6 is 0 Å². The number of rotatable bonds is 7. The number of hydrogen-bond donors (Lipinski definition) is 3. The Hall–Kier alpha value is -2.39. The molecule has 0 fully saturated rings. The average molecular weight is 378 g/mol. The van der Waals surface area contributed by atoms with Crippen LogP contribution < -0.4 is 15.2 Å². The molecule has 8 nitrogen and oxygen atoms in total. The summed E-state index contributed by atoms with van der Waals surface area (Å²) >= 11 is 0. The number of nitrogens with zero attached hydrogens (tertiary/aromatic N) is 1. The van der Waals surface area contributed by atoms with Crippen LogP contribution in [0.1, 0.15) is 36.2 Å². The molecule has 2 aromatic rings. The maximum Gasteiger partial charge on any atom is 0.255 e. The normalized spacial score (nSPS) is 14.5. The maximum absolute atomic E-state index is 12.5. The second kappa shape index (κ2) is 7.88. The molecule has 1 aliphatic carbocycles. The molecule has 0 bridgehead atoms. The first-order chi connectivity index (χ1) is 12.5. The number of benzene rings is 1. The predicted octanol–water partition coefficient (Wildman–Crippen LogP) is 1.02. The van der Waals surface area contributed by atoms with Gasteiger partial charge in [0.25, 0.3) is 5.91 Å². The first kappa shape index (κ1) is 18.4. The van der Waals surface area contributed by atoms with Crippen LogP contribution in [-0.4, -0.2) is 31.1 Å². The lowest BCUT2D eigenvalue weighted by molar-refractivity contribution is -0.119. The zero-order valence-corrected chi connectivity index (χ0v) is 15.1. The van der Waals surface area contributed by atoms with E-state index in [9.17, 15) is 13.2 Å². The van der Waals surface area contributed by atoms with Gasteiger partial charge in [0, 0.05) is 5.69 Å². The van der Waals surface area contributed by atoms with Gasteiger partial charge in [-0.05, 0) is 55.5 Å². The van der Waals surface area contributed by atoms with Crippen molar-refractivity contribution in [3.05, 3.63) is 41.2 Å². The zero-order valence-electron chi connectivity index (χ0n) is 14.3. The molecule has 0 atom stereocenters. The van der Waals surface area contributed by atoms with Crippen LogP contribution in [0.4, 0.5) is 0 Å². The second-order valence-electron chi connectivity index (χ2n) is 6.24. The van der Waals surface area contributed by atoms with Crippen molar-refractivity contribution in [3.8, 4) is 5.75 Å². The highest BCUT2D eigenvalue weighted by atomic mass is 32.2. The number of aryl methyl sites for hydroxylation is 1. The van der Waals surface area contributed by atoms with E-state index in [1.165, 1.54) is 30.7 Å². The van der Waals surface area contributed by atoms with Crippen LogP contribution in [0.2, 0.25) is 0 Å². The number of nitrogens with two attached hydrogens (primary N) is 1. The largest absolute Gasteiger partial charge is 0.484 e. The lowest BCUT2D eigenvalue weighted by atomic mass is 10.1. The van der Waals surface area contributed by atoms with Crippen LogP contribution in [0, 0.1) is 0 Å². The van der Waals surface area contributed by atoms with E-state index in [-0.39, 0.29) is 18.0 Å². The quantitative estimate of drug-likeness (QED) is 0.620. The molecular formula is C17H22N4O4S. The summed E-state index contributed by atoms with van der Waals surface area (Å²) in [6, 6.07) is 5.81. The molecule has 1 aliphatic rings. The number of nitrogens with one attached hydrogen (secondary N) is 2. The highest BCUT2D eigenvalue weighted by Gasteiger charge is 2.19. The second-order valence-corrected chi connectivity index (χ2v) is 8.01. The van der Waals surface area contributed by atoms with Gasteiger partial charge in [-0.25, -0.2) is 13.1 Å². The molecule has 0 aliphatic heterocycles. The number of sulfonamides is 1. The third kappa shape index (κ3) is 4.41. The van der Waals surface area contributed by atoms with Crippen LogP contribution in [0.5, 0.6) is 5.75 Å². The highest BCUT2D eigenvalue weighted by Crippen LogP contribution is 2.22. The summed E-state index contributed by atoms with van der Waals surface area (Å²) in [5, 5.41) is 7.31. The fraction of sp³-hybridized carbons (Fsp3) is 0.412. The molecule has 0 spiro atoms. The smallest absolute Gasteiger partial charge is 0.255 e. The van der Waals surface area contributed by atoms with E-state index in [1.807, 2.05) is 0 Å². The highest BCUT2D eigenvalue weighted by molar-refractivity contribution is 7.89. The van der Waals surface area contributed by atoms with E-state index in [1.54, 1.807) is 0 Å².